The van der Waals surface area contributed by atoms with Gasteiger partial charge in [0, 0.05) is 37.2 Å². The summed E-state index contributed by atoms with van der Waals surface area (Å²) >= 11 is 2.10. The van der Waals surface area contributed by atoms with Gasteiger partial charge in [-0.25, -0.2) is 0 Å². The van der Waals surface area contributed by atoms with Crippen LogP contribution in [0.25, 0.3) is 0 Å². The van der Waals surface area contributed by atoms with Crippen LogP contribution in [0.1, 0.15) is 26.7 Å². The van der Waals surface area contributed by atoms with Crippen LogP contribution in [0.15, 0.2) is 0 Å². The Kier molecular flexibility index (Phi) is 4.40. The first-order chi connectivity index (χ1) is 8.12. The van der Waals surface area contributed by atoms with Gasteiger partial charge in [0.15, 0.2) is 0 Å². The molecule has 0 radical (unpaired) electrons. The predicted molar refractivity (Wildman–Crippen MR) is 74.5 cm³/mol. The zero-order valence-corrected chi connectivity index (χ0v) is 12.1. The minimum Gasteiger partial charge on any atom is -0.383 e. The van der Waals surface area contributed by atoms with E-state index in [4.69, 9.17) is 10.5 Å². The van der Waals surface area contributed by atoms with Crippen molar-refractivity contribution in [3.05, 3.63) is 0 Å². The first-order valence-corrected chi connectivity index (χ1v) is 7.66. The van der Waals surface area contributed by atoms with Crippen LogP contribution in [0.3, 0.4) is 0 Å². The van der Waals surface area contributed by atoms with E-state index < -0.39 is 0 Å². The molecular weight excluding hydrogens is 232 g/mol. The van der Waals surface area contributed by atoms with Crippen molar-refractivity contribution in [3.8, 4) is 0 Å². The lowest BCUT2D eigenvalue weighted by atomic mass is 9.91. The van der Waals surface area contributed by atoms with Crippen LogP contribution in [-0.4, -0.2) is 54.3 Å². The first-order valence-electron chi connectivity index (χ1n) is 6.72. The van der Waals surface area contributed by atoms with Crippen molar-refractivity contribution in [2.75, 3.05) is 33.4 Å². The highest BCUT2D eigenvalue weighted by Gasteiger charge is 2.49. The van der Waals surface area contributed by atoms with Gasteiger partial charge < -0.3 is 10.5 Å². The topological polar surface area (TPSA) is 38.5 Å². The van der Waals surface area contributed by atoms with Crippen molar-refractivity contribution in [3.63, 3.8) is 0 Å². The van der Waals surface area contributed by atoms with Crippen molar-refractivity contribution in [2.45, 2.75) is 42.7 Å². The van der Waals surface area contributed by atoms with Crippen molar-refractivity contribution in [1.29, 1.82) is 0 Å². The number of nitrogens with zero attached hydrogens (tertiary/aromatic N) is 1. The molecule has 0 aromatic carbocycles. The summed E-state index contributed by atoms with van der Waals surface area (Å²) in [6, 6.07) is 0. The van der Waals surface area contributed by atoms with Crippen LogP contribution >= 0.6 is 11.8 Å². The molecule has 2 rings (SSSR count). The maximum atomic E-state index is 6.13. The summed E-state index contributed by atoms with van der Waals surface area (Å²) in [4.78, 5) is 2.62. The van der Waals surface area contributed by atoms with Crippen molar-refractivity contribution < 1.29 is 4.74 Å². The lowest BCUT2D eigenvalue weighted by Gasteiger charge is -2.48. The monoisotopic (exact) mass is 258 g/mol. The second kappa shape index (κ2) is 5.47. The Hall–Kier alpha value is 0.230. The third-order valence-corrected chi connectivity index (χ3v) is 5.36. The zero-order chi connectivity index (χ0) is 12.5. The average molecular weight is 258 g/mol. The Morgan fingerprint density at radius 2 is 1.88 bits per heavy atom. The van der Waals surface area contributed by atoms with Crippen LogP contribution < -0.4 is 5.73 Å². The van der Waals surface area contributed by atoms with Gasteiger partial charge in [0.05, 0.1) is 12.1 Å². The second-order valence-electron chi connectivity index (χ2n) is 5.68. The molecule has 1 saturated heterocycles. The number of hydrogen-bond acceptors (Lipinski definition) is 4. The van der Waals surface area contributed by atoms with E-state index in [0.29, 0.717) is 10.5 Å². The van der Waals surface area contributed by atoms with Gasteiger partial charge in [-0.2, -0.15) is 11.8 Å². The lowest BCUT2D eigenvalue weighted by molar-refractivity contribution is -0.00173. The van der Waals surface area contributed by atoms with E-state index in [-0.39, 0.29) is 5.54 Å². The molecule has 1 aliphatic carbocycles. The van der Waals surface area contributed by atoms with Crippen molar-refractivity contribution >= 4 is 11.8 Å². The van der Waals surface area contributed by atoms with Crippen LogP contribution in [-0.2, 0) is 4.74 Å². The molecule has 0 amide bonds. The third-order valence-electron chi connectivity index (χ3n) is 4.13. The van der Waals surface area contributed by atoms with Gasteiger partial charge in [0.2, 0.25) is 0 Å². The smallest absolute Gasteiger partial charge is 0.0661 e. The van der Waals surface area contributed by atoms with Crippen molar-refractivity contribution in [1.82, 2.24) is 4.90 Å². The van der Waals surface area contributed by atoms with E-state index >= 15 is 0 Å². The summed E-state index contributed by atoms with van der Waals surface area (Å²) in [6.45, 7) is 8.49. The fourth-order valence-electron chi connectivity index (χ4n) is 3.23. The SMILES string of the molecule is COCC(CN)(C1CC1)N1CC(C)SC(C)C1. The summed E-state index contributed by atoms with van der Waals surface area (Å²) in [5, 5.41) is 1.42. The Labute approximate surface area is 109 Å². The molecule has 2 fully saturated rings. The van der Waals surface area contributed by atoms with Crippen LogP contribution in [0, 0.1) is 5.92 Å². The van der Waals surface area contributed by atoms with Gasteiger partial charge >= 0.3 is 0 Å². The minimum atomic E-state index is 0.109. The molecule has 2 aliphatic rings. The molecule has 0 aromatic heterocycles. The molecule has 0 bridgehead atoms. The van der Waals surface area contributed by atoms with E-state index in [1.165, 1.54) is 12.8 Å². The molecule has 3 nitrogen and oxygen atoms in total. The Balaban J connectivity index is 2.13. The van der Waals surface area contributed by atoms with Gasteiger partial charge in [-0.15, -0.1) is 0 Å². The number of thioether (sulfide) groups is 1. The highest BCUT2D eigenvalue weighted by molar-refractivity contribution is 8.00. The summed E-state index contributed by atoms with van der Waals surface area (Å²) in [7, 11) is 1.80. The van der Waals surface area contributed by atoms with Crippen LogP contribution in [0.4, 0.5) is 0 Å². The quantitative estimate of drug-likeness (QED) is 0.812. The normalized spacial score (nSPS) is 34.6. The molecule has 100 valence electrons. The molecular formula is C13H26N2OS. The summed E-state index contributed by atoms with van der Waals surface area (Å²) < 4.78 is 5.49. The lowest BCUT2D eigenvalue weighted by Crippen LogP contribution is -2.62. The van der Waals surface area contributed by atoms with E-state index in [9.17, 15) is 0 Å². The van der Waals surface area contributed by atoms with Crippen LogP contribution in [0.5, 0.6) is 0 Å². The average Bonchev–Trinajstić information content (AvgIpc) is 3.08. The fourth-order valence-corrected chi connectivity index (χ4v) is 4.56. The number of nitrogens with two attached hydrogens (primary N) is 1. The first kappa shape index (κ1) is 13.7. The third kappa shape index (κ3) is 2.80. The standard InChI is InChI=1S/C13H26N2OS/c1-10-6-15(7-11(2)17-10)13(8-14,9-16-3)12-4-5-12/h10-12H,4-9,14H2,1-3H3. The molecule has 2 N–H and O–H groups in total. The molecule has 17 heavy (non-hydrogen) atoms. The van der Waals surface area contributed by atoms with E-state index in [2.05, 4.69) is 30.5 Å². The second-order valence-corrected chi connectivity index (χ2v) is 7.56. The molecule has 1 saturated carbocycles. The predicted octanol–water partition coefficient (Wildman–Crippen LogP) is 1.57. The summed E-state index contributed by atoms with van der Waals surface area (Å²) in [5.41, 5.74) is 6.24. The zero-order valence-electron chi connectivity index (χ0n) is 11.3. The molecule has 1 heterocycles. The number of hydrogen-bond donors (Lipinski definition) is 1. The van der Waals surface area contributed by atoms with E-state index in [0.717, 1.165) is 32.2 Å². The van der Waals surface area contributed by atoms with Gasteiger partial charge in [-0.05, 0) is 18.8 Å². The Bertz CT molecular complexity index is 250. The molecule has 1 aliphatic heterocycles. The van der Waals surface area contributed by atoms with Gasteiger partial charge in [-0.1, -0.05) is 13.8 Å². The van der Waals surface area contributed by atoms with Crippen molar-refractivity contribution in [2.24, 2.45) is 11.7 Å². The van der Waals surface area contributed by atoms with Gasteiger partial charge in [0.25, 0.3) is 0 Å². The van der Waals surface area contributed by atoms with Crippen LogP contribution in [0.2, 0.25) is 0 Å². The van der Waals surface area contributed by atoms with E-state index in [1.54, 1.807) is 7.11 Å². The Morgan fingerprint density at radius 1 is 1.29 bits per heavy atom. The number of rotatable bonds is 5. The highest BCUT2D eigenvalue weighted by Crippen LogP contribution is 2.44. The molecule has 0 aromatic rings. The number of ether oxygens (including phenoxy) is 1. The van der Waals surface area contributed by atoms with Gasteiger partial charge in [0.1, 0.15) is 0 Å². The maximum absolute atomic E-state index is 6.13. The summed E-state index contributed by atoms with van der Waals surface area (Å²) in [6.07, 6.45) is 2.65. The molecule has 3 atom stereocenters. The van der Waals surface area contributed by atoms with E-state index in [1.807, 2.05) is 0 Å². The fraction of sp³-hybridized carbons (Fsp3) is 1.00. The Morgan fingerprint density at radius 3 is 2.29 bits per heavy atom. The summed E-state index contributed by atoms with van der Waals surface area (Å²) in [5.74, 6) is 0.759. The molecule has 4 heteroatoms. The minimum absolute atomic E-state index is 0.109. The maximum Gasteiger partial charge on any atom is 0.0661 e. The van der Waals surface area contributed by atoms with Gasteiger partial charge in [-0.3, -0.25) is 4.90 Å². The highest BCUT2D eigenvalue weighted by atomic mass is 32.2. The largest absolute Gasteiger partial charge is 0.383 e. The molecule has 0 spiro atoms. The molecule has 3 unspecified atom stereocenters. The number of methoxy groups -OCH3 is 1.